The van der Waals surface area contributed by atoms with Crippen molar-refractivity contribution in [2.24, 2.45) is 0 Å². The van der Waals surface area contributed by atoms with Crippen molar-refractivity contribution in [2.45, 2.75) is 19.4 Å². The maximum Gasteiger partial charge on any atom is 0.0361 e. The minimum absolute atomic E-state index is 0.395. The van der Waals surface area contributed by atoms with Crippen LogP contribution in [0.15, 0.2) is 54.6 Å². The molecule has 1 nitrogen and oxygen atoms in total. The summed E-state index contributed by atoms with van der Waals surface area (Å²) in [7, 11) is 0. The van der Waals surface area contributed by atoms with Crippen molar-refractivity contribution in [3.63, 3.8) is 0 Å². The van der Waals surface area contributed by atoms with Crippen LogP contribution in [-0.4, -0.2) is 6.54 Å². The summed E-state index contributed by atoms with van der Waals surface area (Å²) in [6.45, 7) is 3.15. The number of hydrogen-bond acceptors (Lipinski definition) is 1. The van der Waals surface area contributed by atoms with Crippen molar-refractivity contribution in [1.82, 2.24) is 5.32 Å². The number of nitrogens with one attached hydrogen (secondary N) is 1. The van der Waals surface area contributed by atoms with E-state index in [4.69, 9.17) is 0 Å². The van der Waals surface area contributed by atoms with Crippen LogP contribution >= 0.6 is 22.6 Å². The summed E-state index contributed by atoms with van der Waals surface area (Å²) in [6.07, 6.45) is 1.04. The van der Waals surface area contributed by atoms with Crippen molar-refractivity contribution < 1.29 is 0 Å². The van der Waals surface area contributed by atoms with Gasteiger partial charge >= 0.3 is 0 Å². The number of benzene rings is 2. The largest absolute Gasteiger partial charge is 0.310 e. The SMILES string of the molecule is CCNC(Cc1ccccc1)c1cccc(I)c1. The minimum Gasteiger partial charge on any atom is -0.310 e. The van der Waals surface area contributed by atoms with Gasteiger partial charge in [0.2, 0.25) is 0 Å². The topological polar surface area (TPSA) is 12.0 Å². The molecule has 0 spiro atoms. The third-order valence-corrected chi connectivity index (χ3v) is 3.66. The monoisotopic (exact) mass is 351 g/mol. The average molecular weight is 351 g/mol. The molecule has 0 fully saturated rings. The van der Waals surface area contributed by atoms with E-state index in [0.29, 0.717) is 6.04 Å². The second-order valence-electron chi connectivity index (χ2n) is 4.35. The summed E-state index contributed by atoms with van der Waals surface area (Å²) >= 11 is 2.37. The number of likely N-dealkylation sites (N-methyl/N-ethyl adjacent to an activating group) is 1. The lowest BCUT2D eigenvalue weighted by Gasteiger charge is -2.18. The summed E-state index contributed by atoms with van der Waals surface area (Å²) in [4.78, 5) is 0. The first-order chi connectivity index (χ1) is 8.79. The first kappa shape index (κ1) is 13.6. The highest BCUT2D eigenvalue weighted by atomic mass is 127. The predicted octanol–water partition coefficient (Wildman–Crippen LogP) is 4.18. The Labute approximate surface area is 123 Å². The smallest absolute Gasteiger partial charge is 0.0361 e. The van der Waals surface area contributed by atoms with Gasteiger partial charge in [-0.2, -0.15) is 0 Å². The van der Waals surface area contributed by atoms with E-state index in [0.717, 1.165) is 13.0 Å². The van der Waals surface area contributed by atoms with Gasteiger partial charge in [0.15, 0.2) is 0 Å². The van der Waals surface area contributed by atoms with Crippen molar-refractivity contribution in [2.75, 3.05) is 6.54 Å². The number of halogens is 1. The lowest BCUT2D eigenvalue weighted by atomic mass is 9.99. The van der Waals surface area contributed by atoms with E-state index in [1.165, 1.54) is 14.7 Å². The van der Waals surface area contributed by atoms with Gasteiger partial charge in [-0.25, -0.2) is 0 Å². The van der Waals surface area contributed by atoms with E-state index in [1.807, 2.05) is 0 Å². The van der Waals surface area contributed by atoms with Crippen LogP contribution in [0.5, 0.6) is 0 Å². The average Bonchev–Trinajstić information content (AvgIpc) is 2.39. The van der Waals surface area contributed by atoms with Crippen molar-refractivity contribution in [3.8, 4) is 0 Å². The summed E-state index contributed by atoms with van der Waals surface area (Å²) in [6, 6.07) is 19.8. The van der Waals surface area contributed by atoms with Crippen molar-refractivity contribution in [1.29, 1.82) is 0 Å². The molecule has 0 amide bonds. The van der Waals surface area contributed by atoms with Crippen LogP contribution in [0.2, 0.25) is 0 Å². The summed E-state index contributed by atoms with van der Waals surface area (Å²) in [5, 5.41) is 3.57. The highest BCUT2D eigenvalue weighted by Gasteiger charge is 2.11. The van der Waals surface area contributed by atoms with E-state index in [-0.39, 0.29) is 0 Å². The first-order valence-corrected chi connectivity index (χ1v) is 7.40. The fourth-order valence-corrected chi connectivity index (χ4v) is 2.69. The highest BCUT2D eigenvalue weighted by Crippen LogP contribution is 2.20. The molecule has 0 bridgehead atoms. The second kappa shape index (κ2) is 6.90. The van der Waals surface area contributed by atoms with Gasteiger partial charge in [-0.05, 0) is 58.8 Å². The molecule has 0 radical (unpaired) electrons. The van der Waals surface area contributed by atoms with E-state index in [2.05, 4.69) is 89.4 Å². The summed E-state index contributed by atoms with van der Waals surface area (Å²) in [5.74, 6) is 0. The van der Waals surface area contributed by atoms with E-state index in [9.17, 15) is 0 Å². The molecule has 2 rings (SSSR count). The first-order valence-electron chi connectivity index (χ1n) is 6.32. The molecule has 0 aliphatic rings. The Bertz CT molecular complexity index is 481. The van der Waals surface area contributed by atoms with Crippen LogP contribution in [0.25, 0.3) is 0 Å². The van der Waals surface area contributed by atoms with Gasteiger partial charge in [0.05, 0.1) is 0 Å². The molecule has 0 aliphatic carbocycles. The zero-order chi connectivity index (χ0) is 12.8. The van der Waals surface area contributed by atoms with Crippen molar-refractivity contribution >= 4 is 22.6 Å². The Morgan fingerprint density at radius 3 is 2.50 bits per heavy atom. The summed E-state index contributed by atoms with van der Waals surface area (Å²) < 4.78 is 1.29. The lowest BCUT2D eigenvalue weighted by molar-refractivity contribution is 0.549. The fourth-order valence-electron chi connectivity index (χ4n) is 2.13. The Morgan fingerprint density at radius 2 is 1.83 bits per heavy atom. The zero-order valence-electron chi connectivity index (χ0n) is 10.6. The Hall–Kier alpha value is -0.870. The summed E-state index contributed by atoms with van der Waals surface area (Å²) in [5.41, 5.74) is 2.75. The lowest BCUT2D eigenvalue weighted by Crippen LogP contribution is -2.23. The van der Waals surface area contributed by atoms with Gasteiger partial charge in [-0.15, -0.1) is 0 Å². The molecule has 0 aliphatic heterocycles. The standard InChI is InChI=1S/C16H18IN/c1-2-18-16(11-13-7-4-3-5-8-13)14-9-6-10-15(17)12-14/h3-10,12,16,18H,2,11H2,1H3. The quantitative estimate of drug-likeness (QED) is 0.797. The second-order valence-corrected chi connectivity index (χ2v) is 5.60. The van der Waals surface area contributed by atoms with E-state index < -0.39 is 0 Å². The Morgan fingerprint density at radius 1 is 1.06 bits per heavy atom. The molecule has 18 heavy (non-hydrogen) atoms. The van der Waals surface area contributed by atoms with Crippen molar-refractivity contribution in [3.05, 3.63) is 69.3 Å². The van der Waals surface area contributed by atoms with Crippen LogP contribution in [-0.2, 0) is 6.42 Å². The maximum atomic E-state index is 3.57. The van der Waals surface area contributed by atoms with Crippen LogP contribution in [0, 0.1) is 3.57 Å². The third-order valence-electron chi connectivity index (χ3n) is 2.98. The van der Waals surface area contributed by atoms with Crippen LogP contribution < -0.4 is 5.32 Å². The van der Waals surface area contributed by atoms with Crippen LogP contribution in [0.3, 0.4) is 0 Å². The molecule has 1 unspecified atom stereocenters. The van der Waals surface area contributed by atoms with E-state index in [1.54, 1.807) is 0 Å². The number of rotatable bonds is 5. The fraction of sp³-hybridized carbons (Fsp3) is 0.250. The molecule has 0 saturated carbocycles. The minimum atomic E-state index is 0.395. The highest BCUT2D eigenvalue weighted by molar-refractivity contribution is 14.1. The van der Waals surface area contributed by atoms with Gasteiger partial charge in [0.25, 0.3) is 0 Å². The zero-order valence-corrected chi connectivity index (χ0v) is 12.7. The molecule has 2 aromatic carbocycles. The normalized spacial score (nSPS) is 12.3. The molecule has 0 saturated heterocycles. The molecule has 94 valence electrons. The molecule has 0 heterocycles. The molecule has 1 N–H and O–H groups in total. The van der Waals surface area contributed by atoms with Gasteiger partial charge < -0.3 is 5.32 Å². The van der Waals surface area contributed by atoms with Crippen LogP contribution in [0.1, 0.15) is 24.1 Å². The van der Waals surface area contributed by atoms with E-state index >= 15 is 0 Å². The Kier molecular flexibility index (Phi) is 5.20. The molecular formula is C16H18IN. The molecular weight excluding hydrogens is 333 g/mol. The maximum absolute atomic E-state index is 3.57. The molecule has 0 aromatic heterocycles. The van der Waals surface area contributed by atoms with Crippen LogP contribution in [0.4, 0.5) is 0 Å². The third kappa shape index (κ3) is 3.82. The number of hydrogen-bond donors (Lipinski definition) is 1. The van der Waals surface area contributed by atoms with Gasteiger partial charge in [0, 0.05) is 9.61 Å². The predicted molar refractivity (Wildman–Crippen MR) is 85.7 cm³/mol. The molecule has 2 aromatic rings. The van der Waals surface area contributed by atoms with Gasteiger partial charge in [0.1, 0.15) is 0 Å². The molecule has 1 atom stereocenters. The molecule has 2 heteroatoms. The van der Waals surface area contributed by atoms with Gasteiger partial charge in [-0.3, -0.25) is 0 Å². The van der Waals surface area contributed by atoms with Gasteiger partial charge in [-0.1, -0.05) is 49.4 Å². The Balaban J connectivity index is 2.18.